The number of hydrogen-bond acceptors (Lipinski definition) is 2. The van der Waals surface area contributed by atoms with Gasteiger partial charge in [0.25, 0.3) is 0 Å². The van der Waals surface area contributed by atoms with Gasteiger partial charge in [0.2, 0.25) is 0 Å². The normalized spacial score (nSPS) is 11.3. The lowest BCUT2D eigenvalue weighted by Gasteiger charge is -2.28. The van der Waals surface area contributed by atoms with E-state index < -0.39 is 0 Å². The molecule has 89 valence electrons. The first-order valence-corrected chi connectivity index (χ1v) is 7.64. The van der Waals surface area contributed by atoms with Crippen molar-refractivity contribution in [2.45, 2.75) is 53.4 Å². The zero-order valence-electron chi connectivity index (χ0n) is 11.1. The van der Waals surface area contributed by atoms with Crippen molar-refractivity contribution in [2.24, 2.45) is 0 Å². The Morgan fingerprint density at radius 2 is 0.867 bits per heavy atom. The molecule has 0 saturated heterocycles. The van der Waals surface area contributed by atoms with E-state index in [-0.39, 0.29) is 0 Å². The Morgan fingerprint density at radius 3 is 1.07 bits per heavy atom. The van der Waals surface area contributed by atoms with Gasteiger partial charge in [-0.2, -0.15) is 0 Å². The highest BCUT2D eigenvalue weighted by Gasteiger charge is 2.12. The van der Waals surface area contributed by atoms with E-state index in [1.54, 1.807) is 0 Å². The zero-order valence-corrected chi connectivity index (χ0v) is 12.3. The number of rotatable bonds is 10. The first-order chi connectivity index (χ1) is 7.28. The first kappa shape index (κ1) is 15.5. The minimum absolute atomic E-state index is 0.385. The average Bonchev–Trinajstić information content (AvgIpc) is 2.19. The van der Waals surface area contributed by atoms with Gasteiger partial charge in [0.15, 0.2) is 0 Å². The van der Waals surface area contributed by atoms with Gasteiger partial charge in [-0.1, -0.05) is 27.7 Å². The summed E-state index contributed by atoms with van der Waals surface area (Å²) in [4.78, 5) is 0. The van der Waals surface area contributed by atoms with Gasteiger partial charge in [0, 0.05) is 0 Å². The minimum Gasteiger partial charge on any atom is -0.378 e. The smallest absolute Gasteiger partial charge is 0.378 e. The maximum absolute atomic E-state index is 2.67. The van der Waals surface area contributed by atoms with Crippen molar-refractivity contribution in [1.82, 2.24) is 7.77 Å². The van der Waals surface area contributed by atoms with E-state index in [9.17, 15) is 0 Å². The van der Waals surface area contributed by atoms with Gasteiger partial charge in [0.1, 0.15) is 0 Å². The molecule has 0 bridgehead atoms. The second-order valence-electron chi connectivity index (χ2n) is 4.19. The third kappa shape index (κ3) is 8.28. The number of nitrogens with zero attached hydrogens (tertiary/aromatic N) is 2. The molecule has 3 heteroatoms. The van der Waals surface area contributed by atoms with Crippen LogP contribution in [-0.2, 0) is 0 Å². The summed E-state index contributed by atoms with van der Waals surface area (Å²) in [7, 11) is 0. The molecule has 0 aromatic heterocycles. The fourth-order valence-corrected chi connectivity index (χ4v) is 3.79. The van der Waals surface area contributed by atoms with Crippen LogP contribution in [0.4, 0.5) is 0 Å². The lowest BCUT2D eigenvalue weighted by atomic mass is 10.4. The quantitative estimate of drug-likeness (QED) is 0.529. The number of hydrogen-bond donors (Lipinski definition) is 0. The van der Waals surface area contributed by atoms with Crippen LogP contribution >= 0.6 is 0 Å². The van der Waals surface area contributed by atoms with Crippen LogP contribution in [0.25, 0.3) is 0 Å². The monoisotopic (exact) mass is 227 g/mol. The van der Waals surface area contributed by atoms with Crippen molar-refractivity contribution in [3.8, 4) is 0 Å². The SMILES string of the molecule is CCC[N](CCC)[Al][N](CCC)CCC. The summed E-state index contributed by atoms with van der Waals surface area (Å²) in [5.41, 5.74) is 0. The maximum atomic E-state index is 2.67. The lowest BCUT2D eigenvalue weighted by molar-refractivity contribution is 0.358. The van der Waals surface area contributed by atoms with Gasteiger partial charge in [-0.05, 0) is 51.9 Å². The molecule has 0 aliphatic heterocycles. The van der Waals surface area contributed by atoms with Crippen molar-refractivity contribution < 1.29 is 0 Å². The zero-order chi connectivity index (χ0) is 11.5. The van der Waals surface area contributed by atoms with Crippen molar-refractivity contribution in [2.75, 3.05) is 26.2 Å². The fourth-order valence-electron chi connectivity index (χ4n) is 1.83. The Hall–Kier alpha value is 0.452. The molecule has 0 aliphatic carbocycles. The predicted octanol–water partition coefficient (Wildman–Crippen LogP) is 2.76. The average molecular weight is 227 g/mol. The summed E-state index contributed by atoms with van der Waals surface area (Å²) in [6.07, 6.45) is 5.16. The van der Waals surface area contributed by atoms with E-state index >= 15 is 0 Å². The van der Waals surface area contributed by atoms with Crippen LogP contribution in [-0.4, -0.2) is 49.6 Å². The molecule has 0 N–H and O–H groups in total. The minimum atomic E-state index is 0.385. The first-order valence-electron chi connectivity index (χ1n) is 6.61. The largest absolute Gasteiger partial charge is 0.455 e. The van der Waals surface area contributed by atoms with Crippen LogP contribution in [0.3, 0.4) is 0 Å². The molecule has 0 heterocycles. The topological polar surface area (TPSA) is 6.48 Å². The molecule has 0 saturated carbocycles. The van der Waals surface area contributed by atoms with E-state index in [1.807, 2.05) is 0 Å². The Kier molecular flexibility index (Phi) is 11.3. The summed E-state index contributed by atoms with van der Waals surface area (Å²) in [5, 5.41) is 0. The molecule has 0 fully saturated rings. The Balaban J connectivity index is 3.93. The Morgan fingerprint density at radius 1 is 0.600 bits per heavy atom. The van der Waals surface area contributed by atoms with Crippen LogP contribution in [0.2, 0.25) is 0 Å². The summed E-state index contributed by atoms with van der Waals surface area (Å²) in [5.74, 6) is 0. The second-order valence-corrected chi connectivity index (χ2v) is 5.88. The standard InChI is InChI=1S/2C6H14N.Al/c2*1-3-5-7-6-4-2;/h2*3-6H2,1-2H3;/q2*-1;+2. The summed E-state index contributed by atoms with van der Waals surface area (Å²) >= 11 is 0.385. The predicted molar refractivity (Wildman–Crippen MR) is 70.1 cm³/mol. The molecule has 0 rings (SSSR count). The van der Waals surface area contributed by atoms with Gasteiger partial charge in [-0.15, -0.1) is 0 Å². The van der Waals surface area contributed by atoms with Crippen molar-refractivity contribution >= 4 is 15.7 Å². The highest BCUT2D eigenvalue weighted by molar-refractivity contribution is 6.28. The highest BCUT2D eigenvalue weighted by atomic mass is 27.1. The van der Waals surface area contributed by atoms with Gasteiger partial charge >= 0.3 is 15.7 Å². The van der Waals surface area contributed by atoms with Gasteiger partial charge in [-0.3, -0.25) is 0 Å². The second kappa shape index (κ2) is 11.0. The molecular formula is C12H28AlN2. The van der Waals surface area contributed by atoms with Crippen LogP contribution in [0.5, 0.6) is 0 Å². The van der Waals surface area contributed by atoms with Crippen LogP contribution < -0.4 is 0 Å². The van der Waals surface area contributed by atoms with Gasteiger partial charge < -0.3 is 7.77 Å². The van der Waals surface area contributed by atoms with Gasteiger partial charge in [0.05, 0.1) is 0 Å². The molecule has 0 amide bonds. The van der Waals surface area contributed by atoms with E-state index in [4.69, 9.17) is 0 Å². The lowest BCUT2D eigenvalue weighted by Crippen LogP contribution is -2.43. The van der Waals surface area contributed by atoms with Crippen LogP contribution in [0, 0.1) is 0 Å². The van der Waals surface area contributed by atoms with E-state index in [0.29, 0.717) is 15.7 Å². The highest BCUT2D eigenvalue weighted by Crippen LogP contribution is 1.98. The van der Waals surface area contributed by atoms with Crippen molar-refractivity contribution in [3.05, 3.63) is 0 Å². The fraction of sp³-hybridized carbons (Fsp3) is 1.00. The third-order valence-corrected chi connectivity index (χ3v) is 4.06. The van der Waals surface area contributed by atoms with E-state index in [0.717, 1.165) is 0 Å². The summed E-state index contributed by atoms with van der Waals surface area (Å²) in [6, 6.07) is 0. The van der Waals surface area contributed by atoms with E-state index in [1.165, 1.54) is 51.9 Å². The molecule has 15 heavy (non-hydrogen) atoms. The van der Waals surface area contributed by atoms with Crippen molar-refractivity contribution in [1.29, 1.82) is 0 Å². The third-order valence-electron chi connectivity index (χ3n) is 2.37. The van der Waals surface area contributed by atoms with Crippen LogP contribution in [0.1, 0.15) is 53.4 Å². The molecule has 0 spiro atoms. The van der Waals surface area contributed by atoms with E-state index in [2.05, 4.69) is 35.5 Å². The van der Waals surface area contributed by atoms with Crippen LogP contribution in [0.15, 0.2) is 0 Å². The molecule has 2 nitrogen and oxygen atoms in total. The maximum Gasteiger partial charge on any atom is 0.455 e. The molecule has 0 aliphatic rings. The molecular weight excluding hydrogens is 199 g/mol. The Labute approximate surface area is 103 Å². The molecule has 0 aromatic rings. The summed E-state index contributed by atoms with van der Waals surface area (Å²) < 4.78 is 5.34. The molecule has 0 unspecified atom stereocenters. The molecule has 0 atom stereocenters. The van der Waals surface area contributed by atoms with Gasteiger partial charge in [-0.25, -0.2) is 0 Å². The van der Waals surface area contributed by atoms with Crippen molar-refractivity contribution in [3.63, 3.8) is 0 Å². The molecule has 0 aromatic carbocycles. The molecule has 1 radical (unpaired) electrons. The Bertz CT molecular complexity index is 105. The summed E-state index contributed by atoms with van der Waals surface area (Å²) in [6.45, 7) is 14.3.